The monoisotopic (exact) mass is 185 g/mol. The van der Waals surface area contributed by atoms with E-state index in [1.54, 1.807) is 13.2 Å². The molecule has 4 nitrogen and oxygen atoms in total. The lowest BCUT2D eigenvalue weighted by atomic mass is 10.1. The third kappa shape index (κ3) is 3.16. The van der Waals surface area contributed by atoms with E-state index in [0.717, 1.165) is 0 Å². The van der Waals surface area contributed by atoms with Crippen LogP contribution in [0.3, 0.4) is 0 Å². The summed E-state index contributed by atoms with van der Waals surface area (Å²) in [7, 11) is 1.57. The second kappa shape index (κ2) is 4.99. The summed E-state index contributed by atoms with van der Waals surface area (Å²) < 4.78 is 9.70. The van der Waals surface area contributed by atoms with E-state index in [9.17, 15) is 4.79 Å². The van der Waals surface area contributed by atoms with Crippen LogP contribution in [0.1, 0.15) is 6.42 Å². The molecular formula is C9H15NO3. The highest BCUT2D eigenvalue weighted by Gasteiger charge is 2.23. The van der Waals surface area contributed by atoms with Gasteiger partial charge in [-0.2, -0.15) is 0 Å². The molecule has 0 aliphatic heterocycles. The van der Waals surface area contributed by atoms with Crippen LogP contribution < -0.4 is 5.73 Å². The molecule has 0 amide bonds. The van der Waals surface area contributed by atoms with Gasteiger partial charge in [0.05, 0.1) is 12.5 Å². The molecule has 0 aromatic rings. The zero-order valence-corrected chi connectivity index (χ0v) is 7.73. The number of esters is 1. The van der Waals surface area contributed by atoms with Crippen LogP contribution in [-0.4, -0.2) is 32.3 Å². The van der Waals surface area contributed by atoms with E-state index in [1.807, 2.05) is 6.08 Å². The van der Waals surface area contributed by atoms with Gasteiger partial charge in [0.2, 0.25) is 0 Å². The van der Waals surface area contributed by atoms with Crippen molar-refractivity contribution in [2.24, 2.45) is 11.7 Å². The van der Waals surface area contributed by atoms with Crippen molar-refractivity contribution in [1.29, 1.82) is 0 Å². The molecule has 0 spiro atoms. The maximum Gasteiger partial charge on any atom is 0.312 e. The predicted molar refractivity (Wildman–Crippen MR) is 48.1 cm³/mol. The molecule has 0 radical (unpaired) electrons. The van der Waals surface area contributed by atoms with Gasteiger partial charge in [-0.05, 0) is 6.42 Å². The van der Waals surface area contributed by atoms with Crippen LogP contribution in [0, 0.1) is 5.92 Å². The number of rotatable bonds is 4. The van der Waals surface area contributed by atoms with Crippen LogP contribution in [0.2, 0.25) is 0 Å². The second-order valence-electron chi connectivity index (χ2n) is 3.05. The zero-order valence-electron chi connectivity index (χ0n) is 7.73. The van der Waals surface area contributed by atoms with Crippen molar-refractivity contribution in [3.63, 3.8) is 0 Å². The molecule has 0 aromatic heterocycles. The number of nitrogens with two attached hydrogens (primary N) is 1. The van der Waals surface area contributed by atoms with Gasteiger partial charge in [0.1, 0.15) is 6.61 Å². The minimum atomic E-state index is -0.207. The number of carbonyl (C=O) groups excluding carboxylic acids is 1. The van der Waals surface area contributed by atoms with Crippen LogP contribution in [0.4, 0.5) is 0 Å². The lowest BCUT2D eigenvalue weighted by Crippen LogP contribution is -2.21. The minimum absolute atomic E-state index is 0.0000230. The molecule has 4 heteroatoms. The Hall–Kier alpha value is -0.870. The molecule has 1 aliphatic rings. The molecule has 2 unspecified atom stereocenters. The van der Waals surface area contributed by atoms with Crippen LogP contribution in [0.15, 0.2) is 12.2 Å². The molecule has 2 atom stereocenters. The summed E-state index contributed by atoms with van der Waals surface area (Å²) in [5.74, 6) is -0.367. The second-order valence-corrected chi connectivity index (χ2v) is 3.05. The highest BCUT2D eigenvalue weighted by Crippen LogP contribution is 2.17. The lowest BCUT2D eigenvalue weighted by molar-refractivity contribution is -0.148. The van der Waals surface area contributed by atoms with E-state index in [-0.39, 0.29) is 17.9 Å². The first-order chi connectivity index (χ1) is 6.24. The van der Waals surface area contributed by atoms with Crippen molar-refractivity contribution in [3.8, 4) is 0 Å². The van der Waals surface area contributed by atoms with E-state index in [1.165, 1.54) is 0 Å². The highest BCUT2D eigenvalue weighted by molar-refractivity contribution is 5.75. The predicted octanol–water partition coefficient (Wildman–Crippen LogP) is 0.0794. The fraction of sp³-hybridized carbons (Fsp3) is 0.667. The third-order valence-corrected chi connectivity index (χ3v) is 1.95. The number of methoxy groups -OCH3 is 1. The quantitative estimate of drug-likeness (QED) is 0.383. The van der Waals surface area contributed by atoms with Gasteiger partial charge in [-0.25, -0.2) is 0 Å². The van der Waals surface area contributed by atoms with E-state index >= 15 is 0 Å². The van der Waals surface area contributed by atoms with E-state index < -0.39 is 0 Å². The summed E-state index contributed by atoms with van der Waals surface area (Å²) in [5, 5.41) is 0. The first kappa shape index (κ1) is 10.2. The summed E-state index contributed by atoms with van der Waals surface area (Å²) in [6.45, 7) is 0.753. The number of hydrogen-bond donors (Lipinski definition) is 1. The van der Waals surface area contributed by atoms with Crippen LogP contribution in [-0.2, 0) is 14.3 Å². The number of hydrogen-bond acceptors (Lipinski definition) is 4. The van der Waals surface area contributed by atoms with E-state index in [0.29, 0.717) is 19.6 Å². The molecule has 0 saturated heterocycles. The standard InChI is InChI=1S/C9H15NO3/c1-12-4-5-13-9(11)7-2-3-8(10)6-7/h2-3,7-8H,4-6,10H2,1H3. The smallest absolute Gasteiger partial charge is 0.312 e. The molecule has 0 heterocycles. The molecule has 74 valence electrons. The van der Waals surface area contributed by atoms with Crippen molar-refractivity contribution in [1.82, 2.24) is 0 Å². The first-order valence-corrected chi connectivity index (χ1v) is 4.33. The number of carbonyl (C=O) groups is 1. The Morgan fingerprint density at radius 1 is 1.54 bits per heavy atom. The summed E-state index contributed by atoms with van der Waals surface area (Å²) in [4.78, 5) is 11.3. The Morgan fingerprint density at radius 2 is 2.31 bits per heavy atom. The maximum absolute atomic E-state index is 11.3. The summed E-state index contributed by atoms with van der Waals surface area (Å²) in [6.07, 6.45) is 4.30. The van der Waals surface area contributed by atoms with Gasteiger partial charge >= 0.3 is 5.97 Å². The van der Waals surface area contributed by atoms with Gasteiger partial charge in [0.25, 0.3) is 0 Å². The summed E-state index contributed by atoms with van der Waals surface area (Å²) in [6, 6.07) is -0.0000230. The highest BCUT2D eigenvalue weighted by atomic mass is 16.6. The van der Waals surface area contributed by atoms with Crippen molar-refractivity contribution in [2.75, 3.05) is 20.3 Å². The van der Waals surface area contributed by atoms with Gasteiger partial charge in [-0.1, -0.05) is 12.2 Å². The minimum Gasteiger partial charge on any atom is -0.463 e. The Balaban J connectivity index is 2.21. The lowest BCUT2D eigenvalue weighted by Gasteiger charge is -2.08. The number of ether oxygens (including phenoxy) is 2. The average Bonchev–Trinajstić information content (AvgIpc) is 2.52. The topological polar surface area (TPSA) is 61.5 Å². The Labute approximate surface area is 77.7 Å². The van der Waals surface area contributed by atoms with Crippen molar-refractivity contribution < 1.29 is 14.3 Å². The normalized spacial score (nSPS) is 26.3. The average molecular weight is 185 g/mol. The van der Waals surface area contributed by atoms with Gasteiger partial charge in [-0.3, -0.25) is 4.79 Å². The molecule has 13 heavy (non-hydrogen) atoms. The Morgan fingerprint density at radius 3 is 2.85 bits per heavy atom. The SMILES string of the molecule is COCCOC(=O)C1C=CC(N)C1. The molecule has 0 saturated carbocycles. The van der Waals surface area contributed by atoms with Gasteiger partial charge in [-0.15, -0.1) is 0 Å². The third-order valence-electron chi connectivity index (χ3n) is 1.95. The fourth-order valence-electron chi connectivity index (χ4n) is 1.23. The van der Waals surface area contributed by atoms with Crippen LogP contribution >= 0.6 is 0 Å². The first-order valence-electron chi connectivity index (χ1n) is 4.33. The molecule has 1 rings (SSSR count). The molecule has 0 aromatic carbocycles. The summed E-state index contributed by atoms with van der Waals surface area (Å²) >= 11 is 0. The molecule has 1 aliphatic carbocycles. The molecule has 0 bridgehead atoms. The molecular weight excluding hydrogens is 170 g/mol. The summed E-state index contributed by atoms with van der Waals surface area (Å²) in [5.41, 5.74) is 5.60. The van der Waals surface area contributed by atoms with Gasteiger partial charge in [0.15, 0.2) is 0 Å². The maximum atomic E-state index is 11.3. The van der Waals surface area contributed by atoms with Crippen molar-refractivity contribution in [3.05, 3.63) is 12.2 Å². The Kier molecular flexibility index (Phi) is 3.92. The van der Waals surface area contributed by atoms with Crippen molar-refractivity contribution in [2.45, 2.75) is 12.5 Å². The molecule has 2 N–H and O–H groups in total. The van der Waals surface area contributed by atoms with Crippen LogP contribution in [0.5, 0.6) is 0 Å². The van der Waals surface area contributed by atoms with E-state index in [2.05, 4.69) is 0 Å². The van der Waals surface area contributed by atoms with Crippen LogP contribution in [0.25, 0.3) is 0 Å². The van der Waals surface area contributed by atoms with Gasteiger partial charge in [0, 0.05) is 13.2 Å². The van der Waals surface area contributed by atoms with Gasteiger partial charge < -0.3 is 15.2 Å². The van der Waals surface area contributed by atoms with E-state index in [4.69, 9.17) is 15.2 Å². The van der Waals surface area contributed by atoms with Crippen molar-refractivity contribution >= 4 is 5.97 Å². The fourth-order valence-corrected chi connectivity index (χ4v) is 1.23. The molecule has 0 fully saturated rings. The largest absolute Gasteiger partial charge is 0.463 e. The Bertz CT molecular complexity index is 203. The zero-order chi connectivity index (χ0) is 9.68.